The Bertz CT molecular complexity index is 505. The van der Waals surface area contributed by atoms with Crippen molar-refractivity contribution in [2.24, 2.45) is 7.05 Å². The van der Waals surface area contributed by atoms with E-state index in [9.17, 15) is 0 Å². The van der Waals surface area contributed by atoms with Crippen molar-refractivity contribution in [3.05, 3.63) is 57.3 Å². The molecule has 0 amide bonds. The number of ether oxygens (including phenoxy) is 1. The topological polar surface area (TPSA) is 114 Å². The van der Waals surface area contributed by atoms with Crippen LogP contribution >= 0.6 is 0 Å². The maximum absolute atomic E-state index is 7.50. The summed E-state index contributed by atoms with van der Waals surface area (Å²) >= 11 is 2.72. The van der Waals surface area contributed by atoms with E-state index in [4.69, 9.17) is 28.0 Å². The Labute approximate surface area is 136 Å². The Kier molecular flexibility index (Phi) is 53.0. The van der Waals surface area contributed by atoms with Crippen LogP contribution in [0.1, 0.15) is 5.69 Å². The van der Waals surface area contributed by atoms with Crippen molar-refractivity contribution in [3.63, 3.8) is 0 Å². The van der Waals surface area contributed by atoms with Gasteiger partial charge in [-0.2, -0.15) is 0 Å². The third kappa shape index (κ3) is 23.0. The number of hydrogen-bond acceptors (Lipinski definition) is 1. The van der Waals surface area contributed by atoms with Crippen molar-refractivity contribution in [2.45, 2.75) is 0 Å². The van der Waals surface area contributed by atoms with E-state index < -0.39 is 0 Å². The fraction of sp³-hybridized carbons (Fsp3) is 0.143. The molecule has 0 aliphatic rings. The number of hydrogen-bond donors (Lipinski definition) is 0. The van der Waals surface area contributed by atoms with Crippen molar-refractivity contribution in [1.29, 1.82) is 0 Å². The molecule has 0 aliphatic carbocycles. The van der Waals surface area contributed by atoms with Crippen LogP contribution in [0.4, 0.5) is 0 Å². The molecule has 0 atom stereocenters. The number of aromatic nitrogens is 1. The van der Waals surface area contributed by atoms with E-state index in [1.807, 2.05) is 29.9 Å². The standard InChI is InChI=1S/C9H9NO.5CO.Cr/c1-10-7-3-5-9(10)6-4-8-11-2;5*1-2;/h3,5,7H,1-2H3;;;;;;. The molecule has 0 radical (unpaired) electrons. The van der Waals surface area contributed by atoms with E-state index in [0.29, 0.717) is 4.57 Å². The first-order chi connectivity index (χ1) is 10.7. The summed E-state index contributed by atoms with van der Waals surface area (Å²) in [5.41, 5.74) is 0.972. The van der Waals surface area contributed by atoms with Crippen LogP contribution in [-0.4, -0.2) is 16.2 Å². The Morgan fingerprint density at radius 3 is 1.73 bits per heavy atom. The average molecular weight is 339 g/mol. The summed E-state index contributed by atoms with van der Waals surface area (Å²) < 4.78 is 44.9. The van der Waals surface area contributed by atoms with Gasteiger partial charge in [-0.1, -0.05) is 0 Å². The second kappa shape index (κ2) is 36.4. The maximum atomic E-state index is 7.50. The fourth-order valence-corrected chi connectivity index (χ4v) is 0.837. The predicted molar refractivity (Wildman–Crippen MR) is 64.0 cm³/mol. The van der Waals surface area contributed by atoms with Crippen molar-refractivity contribution in [3.8, 4) is 11.8 Å². The Morgan fingerprint density at radius 2 is 1.45 bits per heavy atom. The minimum atomic E-state index is 0.608. The van der Waals surface area contributed by atoms with Crippen LogP contribution < -0.4 is 0 Å². The summed E-state index contributed by atoms with van der Waals surface area (Å²) in [6.45, 7) is 22.5. The molecule has 0 bridgehead atoms. The van der Waals surface area contributed by atoms with Crippen molar-refractivity contribution < 1.29 is 43.8 Å². The summed E-state index contributed by atoms with van der Waals surface area (Å²) in [7, 11) is 3.54. The molecule has 0 fully saturated rings. The van der Waals surface area contributed by atoms with E-state index in [1.54, 1.807) is 7.11 Å². The third-order valence-corrected chi connectivity index (χ3v) is 1.84. The SMILES string of the molecule is CO[C](=[Cr])C#Cc1cccn1C.[C-]#[O+].[C-]#[O+].[C-]#[O+].[C-]#[O+].[C-]#[O+]. The first-order valence-corrected chi connectivity index (χ1v) is 5.11. The molecule has 22 heavy (non-hydrogen) atoms. The molecule has 0 spiro atoms. The molecule has 1 rings (SSSR count). The van der Waals surface area contributed by atoms with Gasteiger partial charge in [-0.3, -0.25) is 0 Å². The fourth-order valence-electron chi connectivity index (χ4n) is 0.757. The van der Waals surface area contributed by atoms with Crippen molar-refractivity contribution >= 4 is 4.57 Å². The number of nitrogens with zero attached hydrogens (tertiary/aromatic N) is 1. The molecule has 1 heterocycles. The van der Waals surface area contributed by atoms with Gasteiger partial charge >= 0.3 is 136 Å². The first-order valence-electron chi connectivity index (χ1n) is 4.47. The number of rotatable bonds is 1. The summed E-state index contributed by atoms with van der Waals surface area (Å²) in [6, 6.07) is 3.91. The van der Waals surface area contributed by atoms with Crippen LogP contribution in [0.15, 0.2) is 18.3 Å². The Hall–Kier alpha value is -2.10. The molecular formula is C14H9CrNO6. The molecule has 0 saturated carbocycles. The van der Waals surface area contributed by atoms with E-state index in [0.717, 1.165) is 5.69 Å². The molecule has 0 aromatic carbocycles. The van der Waals surface area contributed by atoms with E-state index in [1.165, 1.54) is 0 Å². The molecule has 1 aromatic heterocycles. The second-order valence-electron chi connectivity index (χ2n) is 2.25. The van der Waals surface area contributed by atoms with Crippen LogP contribution in [0.5, 0.6) is 0 Å². The predicted octanol–water partition coefficient (Wildman–Crippen LogP) is 0.512. The molecule has 0 N–H and O–H groups in total. The summed E-state index contributed by atoms with van der Waals surface area (Å²) in [5.74, 6) is 5.81. The molecule has 7 nitrogen and oxygen atoms in total. The zero-order valence-electron chi connectivity index (χ0n) is 11.5. The quantitative estimate of drug-likeness (QED) is 0.414. The van der Waals surface area contributed by atoms with E-state index >= 15 is 0 Å². The normalized spacial score (nSPS) is 5.27. The molecular weight excluding hydrogens is 330 g/mol. The number of methoxy groups -OCH3 is 1. The molecule has 8 heteroatoms. The van der Waals surface area contributed by atoms with Gasteiger partial charge in [-0.05, 0) is 0 Å². The third-order valence-electron chi connectivity index (χ3n) is 1.42. The summed E-state index contributed by atoms with van der Waals surface area (Å²) in [5, 5.41) is 0. The molecule has 0 aliphatic heterocycles. The molecule has 0 saturated heterocycles. The molecule has 1 aromatic rings. The van der Waals surface area contributed by atoms with Gasteiger partial charge in [0.15, 0.2) is 0 Å². The zero-order chi connectivity index (χ0) is 19.0. The van der Waals surface area contributed by atoms with Gasteiger partial charge in [-0.25, -0.2) is 0 Å². The number of aryl methyl sites for hydroxylation is 1. The molecule has 0 unspecified atom stereocenters. The van der Waals surface area contributed by atoms with Gasteiger partial charge in [0, 0.05) is 0 Å². The second-order valence-corrected chi connectivity index (χ2v) is 2.82. The van der Waals surface area contributed by atoms with Gasteiger partial charge in [-0.15, -0.1) is 0 Å². The molecule has 112 valence electrons. The van der Waals surface area contributed by atoms with Gasteiger partial charge < -0.3 is 0 Å². The van der Waals surface area contributed by atoms with Crippen LogP contribution in [0.25, 0.3) is 0 Å². The minimum absolute atomic E-state index is 0.608. The summed E-state index contributed by atoms with van der Waals surface area (Å²) in [4.78, 5) is 0. The van der Waals surface area contributed by atoms with Crippen molar-refractivity contribution in [1.82, 2.24) is 4.57 Å². The van der Waals surface area contributed by atoms with Crippen LogP contribution in [0.3, 0.4) is 0 Å². The van der Waals surface area contributed by atoms with Crippen LogP contribution in [0, 0.1) is 45.1 Å². The Balaban J connectivity index is -0.0000000822. The van der Waals surface area contributed by atoms with E-state index in [2.05, 4.69) is 60.9 Å². The van der Waals surface area contributed by atoms with Gasteiger partial charge in [0.2, 0.25) is 0 Å². The van der Waals surface area contributed by atoms with Gasteiger partial charge in [0.25, 0.3) is 0 Å². The Morgan fingerprint density at radius 1 is 1.05 bits per heavy atom. The monoisotopic (exact) mass is 339 g/mol. The van der Waals surface area contributed by atoms with Gasteiger partial charge in [0.1, 0.15) is 0 Å². The summed E-state index contributed by atoms with van der Waals surface area (Å²) in [6.07, 6.45) is 1.95. The van der Waals surface area contributed by atoms with Crippen LogP contribution in [0.2, 0.25) is 0 Å². The van der Waals surface area contributed by atoms with Gasteiger partial charge in [0.05, 0.1) is 0 Å². The van der Waals surface area contributed by atoms with Crippen molar-refractivity contribution in [2.75, 3.05) is 7.11 Å². The van der Waals surface area contributed by atoms with Crippen LogP contribution in [-0.2, 0) is 50.9 Å². The first kappa shape index (κ1) is 32.0. The average Bonchev–Trinajstić information content (AvgIpc) is 3.06. The van der Waals surface area contributed by atoms with E-state index in [-0.39, 0.29) is 0 Å². The zero-order valence-corrected chi connectivity index (χ0v) is 12.8.